The standard InChI is InChI=1S/C12H19N3O4/c1-3-19-10(17)5-4-9(16)15-11(12(14)18)8(2)6-7-13/h8,11H,3-6H2,1-2H3,(H2,14,18)(H,15,16)/t8-,11-/m0/s1. The molecule has 0 spiro atoms. The summed E-state index contributed by atoms with van der Waals surface area (Å²) in [6.07, 6.45) is -0.0363. The molecule has 0 heterocycles. The SMILES string of the molecule is CCOC(=O)CCC(=O)N[C@H](C(N)=O)[C@@H](C)CC#N. The first-order chi connectivity index (χ1) is 8.92. The molecule has 2 amide bonds. The lowest BCUT2D eigenvalue weighted by molar-refractivity contribution is -0.144. The average molecular weight is 269 g/mol. The predicted octanol–water partition coefficient (Wildman–Crippen LogP) is -0.150. The molecule has 0 aromatic heterocycles. The van der Waals surface area contributed by atoms with E-state index in [0.29, 0.717) is 0 Å². The Morgan fingerprint density at radius 2 is 2.00 bits per heavy atom. The number of nitrogens with two attached hydrogens (primary N) is 1. The molecule has 0 aliphatic rings. The number of esters is 1. The molecule has 19 heavy (non-hydrogen) atoms. The minimum atomic E-state index is -0.908. The van der Waals surface area contributed by atoms with Gasteiger partial charge in [-0.1, -0.05) is 6.92 Å². The number of ether oxygens (including phenoxy) is 1. The van der Waals surface area contributed by atoms with Crippen LogP contribution in [0.15, 0.2) is 0 Å². The van der Waals surface area contributed by atoms with Crippen molar-refractivity contribution in [1.82, 2.24) is 5.32 Å². The fourth-order valence-electron chi connectivity index (χ4n) is 1.45. The molecule has 7 nitrogen and oxygen atoms in total. The highest BCUT2D eigenvalue weighted by molar-refractivity contribution is 5.88. The Kier molecular flexibility index (Phi) is 7.93. The topological polar surface area (TPSA) is 122 Å². The number of rotatable bonds is 8. The van der Waals surface area contributed by atoms with Gasteiger partial charge in [0, 0.05) is 12.8 Å². The number of carbonyl (C=O) groups is 3. The van der Waals surface area contributed by atoms with Crippen LogP contribution in [-0.2, 0) is 19.1 Å². The molecule has 0 rings (SSSR count). The Bertz CT molecular complexity index is 376. The number of carbonyl (C=O) groups excluding carboxylic acids is 3. The lowest BCUT2D eigenvalue weighted by Gasteiger charge is -2.20. The van der Waals surface area contributed by atoms with Crippen LogP contribution < -0.4 is 11.1 Å². The van der Waals surface area contributed by atoms with E-state index < -0.39 is 23.8 Å². The summed E-state index contributed by atoms with van der Waals surface area (Å²) in [6, 6.07) is 1.00. The molecular weight excluding hydrogens is 250 g/mol. The highest BCUT2D eigenvalue weighted by Crippen LogP contribution is 2.07. The van der Waals surface area contributed by atoms with Crippen molar-refractivity contribution in [1.29, 1.82) is 5.26 Å². The van der Waals surface area contributed by atoms with Gasteiger partial charge in [-0.25, -0.2) is 0 Å². The molecule has 7 heteroatoms. The van der Waals surface area contributed by atoms with Crippen LogP contribution in [0.1, 0.15) is 33.1 Å². The van der Waals surface area contributed by atoms with Gasteiger partial charge in [-0.05, 0) is 12.8 Å². The second-order valence-corrected chi connectivity index (χ2v) is 4.09. The Balaban J connectivity index is 4.29. The lowest BCUT2D eigenvalue weighted by Crippen LogP contribution is -2.48. The van der Waals surface area contributed by atoms with E-state index in [2.05, 4.69) is 10.1 Å². The van der Waals surface area contributed by atoms with Gasteiger partial charge in [-0.2, -0.15) is 5.26 Å². The summed E-state index contributed by atoms with van der Waals surface area (Å²) in [5.41, 5.74) is 5.17. The van der Waals surface area contributed by atoms with Crippen molar-refractivity contribution in [2.75, 3.05) is 6.61 Å². The lowest BCUT2D eigenvalue weighted by atomic mass is 9.98. The smallest absolute Gasteiger partial charge is 0.306 e. The van der Waals surface area contributed by atoms with Crippen LogP contribution in [0.25, 0.3) is 0 Å². The number of hydrogen-bond donors (Lipinski definition) is 2. The van der Waals surface area contributed by atoms with E-state index >= 15 is 0 Å². The molecule has 0 unspecified atom stereocenters. The van der Waals surface area contributed by atoms with Crippen molar-refractivity contribution in [3.63, 3.8) is 0 Å². The number of amides is 2. The first-order valence-electron chi connectivity index (χ1n) is 6.03. The maximum atomic E-state index is 11.6. The minimum Gasteiger partial charge on any atom is -0.466 e. The Hall–Kier alpha value is -2.10. The van der Waals surface area contributed by atoms with Crippen LogP contribution >= 0.6 is 0 Å². The van der Waals surface area contributed by atoms with Gasteiger partial charge >= 0.3 is 5.97 Å². The Morgan fingerprint density at radius 3 is 2.47 bits per heavy atom. The highest BCUT2D eigenvalue weighted by atomic mass is 16.5. The third-order valence-corrected chi connectivity index (χ3v) is 2.47. The summed E-state index contributed by atoms with van der Waals surface area (Å²) in [7, 11) is 0. The number of nitrogens with one attached hydrogen (secondary N) is 1. The van der Waals surface area contributed by atoms with Gasteiger partial charge < -0.3 is 15.8 Å². The van der Waals surface area contributed by atoms with E-state index in [1.54, 1.807) is 13.8 Å². The zero-order valence-corrected chi connectivity index (χ0v) is 11.1. The van der Waals surface area contributed by atoms with E-state index in [-0.39, 0.29) is 31.8 Å². The van der Waals surface area contributed by atoms with Crippen molar-refractivity contribution < 1.29 is 19.1 Å². The Morgan fingerprint density at radius 1 is 1.37 bits per heavy atom. The maximum Gasteiger partial charge on any atom is 0.306 e. The molecule has 0 fully saturated rings. The number of hydrogen-bond acceptors (Lipinski definition) is 5. The third kappa shape index (κ3) is 7.03. The molecule has 0 aromatic carbocycles. The first-order valence-corrected chi connectivity index (χ1v) is 6.03. The third-order valence-electron chi connectivity index (χ3n) is 2.47. The summed E-state index contributed by atoms with van der Waals surface area (Å²) in [4.78, 5) is 33.8. The van der Waals surface area contributed by atoms with Gasteiger partial charge in [0.05, 0.1) is 19.1 Å². The van der Waals surface area contributed by atoms with Gasteiger partial charge in [0.15, 0.2) is 0 Å². The van der Waals surface area contributed by atoms with Gasteiger partial charge in [-0.3, -0.25) is 14.4 Å². The number of nitrogens with zero attached hydrogens (tertiary/aromatic N) is 1. The van der Waals surface area contributed by atoms with Gasteiger partial charge in [0.1, 0.15) is 6.04 Å². The molecule has 0 aromatic rings. The van der Waals surface area contributed by atoms with E-state index in [4.69, 9.17) is 11.0 Å². The Labute approximate surface area is 112 Å². The van der Waals surface area contributed by atoms with E-state index in [0.717, 1.165) is 0 Å². The maximum absolute atomic E-state index is 11.6. The second kappa shape index (κ2) is 8.91. The predicted molar refractivity (Wildman–Crippen MR) is 66.4 cm³/mol. The summed E-state index contributed by atoms with van der Waals surface area (Å²) in [5.74, 6) is -2.03. The molecule has 0 radical (unpaired) electrons. The van der Waals surface area contributed by atoms with Crippen molar-refractivity contribution in [3.05, 3.63) is 0 Å². The number of nitriles is 1. The van der Waals surface area contributed by atoms with Crippen molar-refractivity contribution in [2.24, 2.45) is 11.7 Å². The zero-order chi connectivity index (χ0) is 14.8. The first kappa shape index (κ1) is 16.9. The van der Waals surface area contributed by atoms with Crippen molar-refractivity contribution in [3.8, 4) is 6.07 Å². The van der Waals surface area contributed by atoms with Gasteiger partial charge in [0.25, 0.3) is 0 Å². The molecule has 0 saturated carbocycles. The van der Waals surface area contributed by atoms with Crippen LogP contribution in [0.2, 0.25) is 0 Å². The largest absolute Gasteiger partial charge is 0.466 e. The van der Waals surface area contributed by atoms with Crippen LogP contribution in [-0.4, -0.2) is 30.4 Å². The molecule has 0 bridgehead atoms. The van der Waals surface area contributed by atoms with Crippen LogP contribution in [0.3, 0.4) is 0 Å². The number of primary amides is 1. The fraction of sp³-hybridized carbons (Fsp3) is 0.667. The second-order valence-electron chi connectivity index (χ2n) is 4.09. The zero-order valence-electron chi connectivity index (χ0n) is 11.1. The van der Waals surface area contributed by atoms with Crippen LogP contribution in [0.5, 0.6) is 0 Å². The minimum absolute atomic E-state index is 0.0578. The summed E-state index contributed by atoms with van der Waals surface area (Å²) >= 11 is 0. The normalized spacial score (nSPS) is 12.9. The molecule has 106 valence electrons. The summed E-state index contributed by atoms with van der Waals surface area (Å²) < 4.78 is 4.68. The van der Waals surface area contributed by atoms with Gasteiger partial charge in [0.2, 0.25) is 11.8 Å². The summed E-state index contributed by atoms with van der Waals surface area (Å²) in [6.45, 7) is 3.57. The fourth-order valence-corrected chi connectivity index (χ4v) is 1.45. The van der Waals surface area contributed by atoms with E-state index in [1.807, 2.05) is 6.07 Å². The molecule has 2 atom stereocenters. The average Bonchev–Trinajstić information content (AvgIpc) is 2.33. The van der Waals surface area contributed by atoms with E-state index in [1.165, 1.54) is 0 Å². The molecule has 3 N–H and O–H groups in total. The quantitative estimate of drug-likeness (QED) is 0.593. The van der Waals surface area contributed by atoms with Crippen LogP contribution in [0.4, 0.5) is 0 Å². The van der Waals surface area contributed by atoms with Crippen molar-refractivity contribution >= 4 is 17.8 Å². The monoisotopic (exact) mass is 269 g/mol. The summed E-state index contributed by atoms with van der Waals surface area (Å²) in [5, 5.41) is 11.0. The molecule has 0 aliphatic carbocycles. The molecular formula is C12H19N3O4. The highest BCUT2D eigenvalue weighted by Gasteiger charge is 2.24. The van der Waals surface area contributed by atoms with Gasteiger partial charge in [-0.15, -0.1) is 0 Å². The van der Waals surface area contributed by atoms with Crippen LogP contribution in [0, 0.1) is 17.2 Å². The van der Waals surface area contributed by atoms with Crippen molar-refractivity contribution in [2.45, 2.75) is 39.2 Å². The molecule has 0 saturated heterocycles. The molecule has 0 aliphatic heterocycles. The van der Waals surface area contributed by atoms with E-state index in [9.17, 15) is 14.4 Å².